The van der Waals surface area contributed by atoms with Gasteiger partial charge in [0, 0.05) is 13.0 Å². The second-order valence-corrected chi connectivity index (χ2v) is 9.63. The van der Waals surface area contributed by atoms with E-state index in [4.69, 9.17) is 18.9 Å². The van der Waals surface area contributed by atoms with Crippen molar-refractivity contribution in [1.82, 2.24) is 4.90 Å². The van der Waals surface area contributed by atoms with E-state index < -0.39 is 5.97 Å². The van der Waals surface area contributed by atoms with Gasteiger partial charge in [-0.2, -0.15) is 0 Å². The molecule has 0 radical (unpaired) electrons. The molecule has 0 aromatic heterocycles. The molecule has 2 aliphatic rings. The molecule has 0 spiro atoms. The zero-order chi connectivity index (χ0) is 25.5. The van der Waals surface area contributed by atoms with Crippen LogP contribution in [-0.2, 0) is 16.0 Å². The first-order chi connectivity index (χ1) is 17.5. The van der Waals surface area contributed by atoms with Crippen LogP contribution in [0.3, 0.4) is 0 Å². The summed E-state index contributed by atoms with van der Waals surface area (Å²) in [5, 5.41) is 0. The first kappa shape index (κ1) is 25.9. The highest BCUT2D eigenvalue weighted by molar-refractivity contribution is 5.89. The molecule has 1 aliphatic heterocycles. The first-order valence-corrected chi connectivity index (χ1v) is 12.9. The number of rotatable bonds is 9. The monoisotopic (exact) mass is 495 g/mol. The Labute approximate surface area is 213 Å². The number of nitrogens with zero attached hydrogens (tertiary/aromatic N) is 1. The molecule has 0 bridgehead atoms. The summed E-state index contributed by atoms with van der Waals surface area (Å²) in [6.45, 7) is 0.941. The lowest BCUT2D eigenvalue weighted by atomic mass is 9.85. The molecule has 36 heavy (non-hydrogen) atoms. The van der Waals surface area contributed by atoms with Crippen molar-refractivity contribution in [2.75, 3.05) is 34.5 Å². The molecule has 0 N–H and O–H groups in total. The van der Waals surface area contributed by atoms with E-state index in [0.717, 1.165) is 24.0 Å². The van der Waals surface area contributed by atoms with Crippen LogP contribution in [0.25, 0.3) is 0 Å². The van der Waals surface area contributed by atoms with Crippen LogP contribution in [0.2, 0.25) is 0 Å². The van der Waals surface area contributed by atoms with Gasteiger partial charge in [0.15, 0.2) is 11.5 Å². The highest BCUT2D eigenvalue weighted by Crippen LogP contribution is 2.39. The number of esters is 1. The van der Waals surface area contributed by atoms with Crippen molar-refractivity contribution in [3.05, 3.63) is 53.1 Å². The summed E-state index contributed by atoms with van der Waals surface area (Å²) in [7, 11) is 4.61. The third-order valence-electron chi connectivity index (χ3n) is 7.50. The van der Waals surface area contributed by atoms with Crippen LogP contribution in [0.15, 0.2) is 36.4 Å². The lowest BCUT2D eigenvalue weighted by Gasteiger charge is -2.38. The Morgan fingerprint density at radius 3 is 2.31 bits per heavy atom. The molecule has 1 aliphatic carbocycles. The van der Waals surface area contributed by atoms with Crippen LogP contribution >= 0.6 is 0 Å². The maximum atomic E-state index is 13.5. The average molecular weight is 496 g/mol. The van der Waals surface area contributed by atoms with Gasteiger partial charge in [-0.05, 0) is 66.3 Å². The second-order valence-electron chi connectivity index (χ2n) is 9.63. The highest BCUT2D eigenvalue weighted by atomic mass is 16.5. The zero-order valence-corrected chi connectivity index (χ0v) is 21.6. The predicted molar refractivity (Wildman–Crippen MR) is 137 cm³/mol. The fourth-order valence-corrected chi connectivity index (χ4v) is 5.43. The summed E-state index contributed by atoms with van der Waals surface area (Å²) in [6.07, 6.45) is 8.64. The standard InChI is InChI=1S/C29H37NO6/c1-33-26-17-22-15-16-30(28(31)14-9-20-7-5-4-6-8-20)25(24(22)18-27(26)34-2)19-36-23-12-10-21(11-13-23)29(32)35-3/h10-13,17-18,20,25H,4-9,14-16,19H2,1-3H3/t25-/m1/s1. The molecule has 1 amide bonds. The van der Waals surface area contributed by atoms with Crippen LogP contribution in [0.5, 0.6) is 17.2 Å². The van der Waals surface area contributed by atoms with Gasteiger partial charge in [-0.25, -0.2) is 4.79 Å². The lowest BCUT2D eigenvalue weighted by molar-refractivity contribution is -0.135. The van der Waals surface area contributed by atoms with Crippen LogP contribution < -0.4 is 14.2 Å². The number of carbonyl (C=O) groups excluding carboxylic acids is 2. The van der Waals surface area contributed by atoms with Gasteiger partial charge in [0.25, 0.3) is 0 Å². The van der Waals surface area contributed by atoms with Crippen molar-refractivity contribution in [2.24, 2.45) is 5.92 Å². The summed E-state index contributed by atoms with van der Waals surface area (Å²) in [5.41, 5.74) is 2.62. The molecular weight excluding hydrogens is 458 g/mol. The van der Waals surface area contributed by atoms with E-state index in [2.05, 4.69) is 0 Å². The normalized spacial score (nSPS) is 17.8. The van der Waals surface area contributed by atoms with Gasteiger partial charge in [-0.15, -0.1) is 0 Å². The van der Waals surface area contributed by atoms with Gasteiger partial charge in [0.05, 0.1) is 32.9 Å². The minimum absolute atomic E-state index is 0.177. The fraction of sp³-hybridized carbons (Fsp3) is 0.517. The Morgan fingerprint density at radius 2 is 1.64 bits per heavy atom. The Hall–Kier alpha value is -3.22. The minimum Gasteiger partial charge on any atom is -0.493 e. The van der Waals surface area contributed by atoms with E-state index in [1.54, 1.807) is 38.5 Å². The average Bonchev–Trinajstić information content (AvgIpc) is 2.94. The van der Waals surface area contributed by atoms with Gasteiger partial charge < -0.3 is 23.8 Å². The Bertz CT molecular complexity index is 1040. The van der Waals surface area contributed by atoms with Crippen molar-refractivity contribution in [2.45, 2.75) is 57.4 Å². The number of ether oxygens (including phenoxy) is 4. The summed E-state index contributed by atoms with van der Waals surface area (Å²) < 4.78 is 22.0. The number of fused-ring (bicyclic) bond motifs is 1. The summed E-state index contributed by atoms with van der Waals surface area (Å²) in [5.74, 6) is 2.40. The molecule has 0 saturated heterocycles. The third kappa shape index (κ3) is 5.94. The minimum atomic E-state index is -0.390. The molecule has 7 nitrogen and oxygen atoms in total. The van der Waals surface area contributed by atoms with E-state index in [0.29, 0.717) is 48.3 Å². The van der Waals surface area contributed by atoms with Crippen LogP contribution in [0, 0.1) is 5.92 Å². The van der Waals surface area contributed by atoms with Crippen molar-refractivity contribution >= 4 is 11.9 Å². The number of hydrogen-bond acceptors (Lipinski definition) is 6. The quantitative estimate of drug-likeness (QED) is 0.436. The van der Waals surface area contributed by atoms with Crippen molar-refractivity contribution in [3.8, 4) is 17.2 Å². The zero-order valence-electron chi connectivity index (χ0n) is 21.6. The predicted octanol–water partition coefficient (Wildman–Crippen LogP) is 5.36. The Kier molecular flexibility index (Phi) is 8.73. The SMILES string of the molecule is COC(=O)c1ccc(OC[C@@H]2c3cc(OC)c(OC)cc3CCN2C(=O)CCC2CCCCC2)cc1. The van der Waals surface area contributed by atoms with E-state index in [-0.39, 0.29) is 11.9 Å². The van der Waals surface area contributed by atoms with Gasteiger partial charge >= 0.3 is 5.97 Å². The molecule has 1 heterocycles. The van der Waals surface area contributed by atoms with Gasteiger partial charge in [-0.1, -0.05) is 32.1 Å². The van der Waals surface area contributed by atoms with E-state index >= 15 is 0 Å². The van der Waals surface area contributed by atoms with Gasteiger partial charge in [0.2, 0.25) is 5.91 Å². The fourth-order valence-electron chi connectivity index (χ4n) is 5.43. The van der Waals surface area contributed by atoms with Crippen molar-refractivity contribution in [1.29, 1.82) is 0 Å². The van der Waals surface area contributed by atoms with Gasteiger partial charge in [-0.3, -0.25) is 4.79 Å². The first-order valence-electron chi connectivity index (χ1n) is 12.9. The number of benzene rings is 2. The number of carbonyl (C=O) groups is 2. The molecule has 7 heteroatoms. The molecule has 1 fully saturated rings. The maximum absolute atomic E-state index is 13.5. The van der Waals surface area contributed by atoms with Crippen LogP contribution in [-0.4, -0.2) is 51.3 Å². The van der Waals surface area contributed by atoms with Crippen LogP contribution in [0.1, 0.15) is 72.5 Å². The molecule has 2 aromatic rings. The number of amides is 1. The molecule has 4 rings (SSSR count). The topological polar surface area (TPSA) is 74.3 Å². The second kappa shape index (κ2) is 12.2. The molecule has 1 saturated carbocycles. The smallest absolute Gasteiger partial charge is 0.337 e. The number of methoxy groups -OCH3 is 3. The van der Waals surface area contributed by atoms with Crippen molar-refractivity contribution < 1.29 is 28.5 Å². The summed E-state index contributed by atoms with van der Waals surface area (Å²) in [6, 6.07) is 10.6. The largest absolute Gasteiger partial charge is 0.493 e. The molecule has 194 valence electrons. The number of hydrogen-bond donors (Lipinski definition) is 0. The highest BCUT2D eigenvalue weighted by Gasteiger charge is 2.33. The molecule has 2 aromatic carbocycles. The maximum Gasteiger partial charge on any atom is 0.337 e. The molecular formula is C29H37NO6. The van der Waals surface area contributed by atoms with E-state index in [1.807, 2.05) is 17.0 Å². The van der Waals surface area contributed by atoms with E-state index in [1.165, 1.54) is 39.2 Å². The third-order valence-corrected chi connectivity index (χ3v) is 7.50. The molecule has 1 atom stereocenters. The Morgan fingerprint density at radius 1 is 0.944 bits per heavy atom. The van der Waals surface area contributed by atoms with Crippen LogP contribution in [0.4, 0.5) is 0 Å². The Balaban J connectivity index is 1.54. The van der Waals surface area contributed by atoms with Crippen molar-refractivity contribution in [3.63, 3.8) is 0 Å². The van der Waals surface area contributed by atoms with E-state index in [9.17, 15) is 9.59 Å². The lowest BCUT2D eigenvalue weighted by Crippen LogP contribution is -2.42. The van der Waals surface area contributed by atoms with Gasteiger partial charge in [0.1, 0.15) is 12.4 Å². The molecule has 0 unspecified atom stereocenters. The summed E-state index contributed by atoms with van der Waals surface area (Å²) >= 11 is 0. The summed E-state index contributed by atoms with van der Waals surface area (Å²) in [4.78, 5) is 27.2.